The molecule has 9 atom stereocenters. The van der Waals surface area contributed by atoms with E-state index < -0.39 is 83.5 Å². The predicted octanol–water partition coefficient (Wildman–Crippen LogP) is 5.05. The van der Waals surface area contributed by atoms with E-state index in [2.05, 4.69) is 45.9 Å². The lowest BCUT2D eigenvalue weighted by Gasteiger charge is -2.40. The molecule has 348 valence electrons. The minimum atomic E-state index is -2.63. The van der Waals surface area contributed by atoms with Crippen LogP contribution in [0.15, 0.2) is 47.8 Å². The van der Waals surface area contributed by atoms with Gasteiger partial charge in [0.25, 0.3) is 11.5 Å². The van der Waals surface area contributed by atoms with E-state index in [0.29, 0.717) is 12.0 Å². The molecule has 4 N–H and O–H groups in total. The van der Waals surface area contributed by atoms with Crippen molar-refractivity contribution in [2.45, 2.75) is 122 Å². The Bertz CT molecular complexity index is 2590. The smallest absolute Gasteiger partial charge is 0.333 e. The van der Waals surface area contributed by atoms with Gasteiger partial charge in [0.2, 0.25) is 11.9 Å². The molecule has 22 nitrogen and oxygen atoms in total. The monoisotopic (exact) mass is 938 g/mol. The average Bonchev–Trinajstić information content (AvgIpc) is 4.04. The molecule has 6 heterocycles. The summed E-state index contributed by atoms with van der Waals surface area (Å²) in [6.07, 6.45) is -7.16. The van der Waals surface area contributed by atoms with Crippen molar-refractivity contribution < 1.29 is 46.6 Å². The summed E-state index contributed by atoms with van der Waals surface area (Å²) in [6.45, 7) is 14.9. The number of nitriles is 1. The summed E-state index contributed by atoms with van der Waals surface area (Å²) in [5, 5.41) is 34.6. The number of aliphatic hydroxyl groups excluding tert-OH is 1. The van der Waals surface area contributed by atoms with Crippen LogP contribution in [0.2, 0.25) is 18.1 Å². The van der Waals surface area contributed by atoms with Gasteiger partial charge >= 0.3 is 8.60 Å². The first-order valence-electron chi connectivity index (χ1n) is 21.0. The number of nitrogens with one attached hydrogen (secondary N) is 3. The van der Waals surface area contributed by atoms with E-state index in [0.717, 1.165) is 4.68 Å². The maximum atomic E-state index is 16.8. The molecule has 1 unspecified atom stereocenters. The van der Waals surface area contributed by atoms with Gasteiger partial charge in [0.1, 0.15) is 30.7 Å². The highest BCUT2D eigenvalue weighted by atomic mass is 31.2. The molecule has 4 aromatic heterocycles. The Morgan fingerprint density at radius 1 is 1.05 bits per heavy atom. The Labute approximate surface area is 374 Å². The molecule has 1 aromatic carbocycles. The molecule has 2 fully saturated rings. The molecular formula is C40H52FN12O10PSi. The van der Waals surface area contributed by atoms with Crippen LogP contribution in [-0.2, 0) is 32.3 Å². The number of ether oxygens (including phenoxy) is 2. The van der Waals surface area contributed by atoms with E-state index in [1.807, 2.05) is 39.9 Å². The van der Waals surface area contributed by atoms with Crippen LogP contribution in [0.4, 0.5) is 16.2 Å². The van der Waals surface area contributed by atoms with Crippen LogP contribution in [0.3, 0.4) is 0 Å². The van der Waals surface area contributed by atoms with Gasteiger partial charge in [-0.3, -0.25) is 29.3 Å². The number of carbonyl (C=O) groups excluding carboxylic acids is 2. The van der Waals surface area contributed by atoms with E-state index in [1.165, 1.54) is 17.2 Å². The fourth-order valence-electron chi connectivity index (χ4n) is 6.82. The van der Waals surface area contributed by atoms with Gasteiger partial charge in [-0.1, -0.05) is 65.0 Å². The number of aromatic nitrogens is 9. The maximum Gasteiger partial charge on any atom is 0.333 e. The molecule has 7 rings (SSSR count). The Kier molecular flexibility index (Phi) is 14.5. The number of benzene rings is 1. The zero-order chi connectivity index (χ0) is 46.8. The number of nitrogens with zero attached hydrogens (tertiary/aromatic N) is 9. The van der Waals surface area contributed by atoms with Gasteiger partial charge in [-0.25, -0.2) is 19.3 Å². The number of amides is 2. The molecule has 2 aliphatic rings. The molecule has 0 spiro atoms. The van der Waals surface area contributed by atoms with Gasteiger partial charge in [-0.05, 0) is 36.7 Å². The Morgan fingerprint density at radius 2 is 1.78 bits per heavy atom. The number of hydrogen-bond acceptors (Lipinski definition) is 17. The summed E-state index contributed by atoms with van der Waals surface area (Å²) in [4.78, 5) is 58.1. The van der Waals surface area contributed by atoms with Crippen LogP contribution in [0.25, 0.3) is 22.3 Å². The normalized spacial score (nSPS) is 24.2. The minimum absolute atomic E-state index is 0.0311. The number of aromatic amines is 1. The van der Waals surface area contributed by atoms with Crippen LogP contribution < -0.4 is 16.2 Å². The second kappa shape index (κ2) is 19.7. The van der Waals surface area contributed by atoms with Crippen molar-refractivity contribution in [2.75, 3.05) is 23.8 Å². The molecule has 0 saturated carbocycles. The third kappa shape index (κ3) is 10.1. The molecule has 2 saturated heterocycles. The molecule has 5 aromatic rings. The molecule has 0 aliphatic carbocycles. The van der Waals surface area contributed by atoms with Crippen molar-refractivity contribution in [3.05, 3.63) is 58.9 Å². The SMILES string of the molecule is CC[C@H]1O[C@@H](n2nnc3c(NC(=O)c4ccccc4)ncnc32)[C@@H](F)[C@@H]1OP(OCCC#N)OC[C@H]1O[C@@H](n2cnc3c(=O)[nH]c(NC(=O)C(C)C)nc32)[C@@H](O)[C@@H]1O[Si](C)(C)C(C)(C)C. The molecule has 65 heavy (non-hydrogen) atoms. The number of hydrogen-bond donors (Lipinski definition) is 4. The molecule has 2 amide bonds. The Balaban J connectivity index is 1.13. The summed E-state index contributed by atoms with van der Waals surface area (Å²) in [6, 6.07) is 10.5. The fraction of sp³-hybridized carbons (Fsp3) is 0.550. The number of anilines is 2. The van der Waals surface area contributed by atoms with E-state index >= 15 is 4.39 Å². The summed E-state index contributed by atoms with van der Waals surface area (Å²) in [7, 11) is -5.04. The Morgan fingerprint density at radius 3 is 2.48 bits per heavy atom. The molecule has 0 bridgehead atoms. The number of rotatable bonds is 17. The zero-order valence-electron chi connectivity index (χ0n) is 37.0. The van der Waals surface area contributed by atoms with Gasteiger partial charge < -0.3 is 37.9 Å². The molecule has 25 heteroatoms. The van der Waals surface area contributed by atoms with Gasteiger partial charge in [0.05, 0.1) is 38.1 Å². The van der Waals surface area contributed by atoms with E-state index in [4.69, 9.17) is 27.5 Å². The average molecular weight is 939 g/mol. The largest absolute Gasteiger partial charge is 0.408 e. The summed E-state index contributed by atoms with van der Waals surface area (Å²) in [5.41, 5.74) is -0.0648. The van der Waals surface area contributed by atoms with Gasteiger partial charge in [0.15, 0.2) is 55.1 Å². The van der Waals surface area contributed by atoms with Crippen molar-refractivity contribution in [2.24, 2.45) is 5.92 Å². The van der Waals surface area contributed by atoms with Crippen LogP contribution in [0.5, 0.6) is 0 Å². The van der Waals surface area contributed by atoms with Crippen molar-refractivity contribution in [1.29, 1.82) is 5.26 Å². The molecule has 2 aliphatic heterocycles. The standard InChI is InChI=1S/C40H52FN12O10PSi/c1-9-23-29(25(41)37(60-23)53-32-26(50-51-53)31(43-19-44-32)46-35(56)22-14-11-10-12-15-22)62-64(58-17-13-16-42)59-18-24-30(63-65(7,8)40(4,5)6)28(54)38(61-24)52-20-45-27-33(52)47-39(49-36(27)57)48-34(55)21(2)3/h10-12,14-15,19-21,23-25,28-30,37-38,54H,9,13,17-18H2,1-8H3,(H,43,44,46,56)(H2,47,48,49,55,57)/t23-,24-,25+,28+,29-,30-,37-,38-,64?/m1/s1. The zero-order valence-corrected chi connectivity index (χ0v) is 38.9. The van der Waals surface area contributed by atoms with Crippen molar-refractivity contribution >= 4 is 62.8 Å². The van der Waals surface area contributed by atoms with Crippen LogP contribution in [0, 0.1) is 17.2 Å². The third-order valence-electron chi connectivity index (χ3n) is 11.4. The number of H-pyrrole nitrogens is 1. The lowest BCUT2D eigenvalue weighted by molar-refractivity contribution is -0.118. The van der Waals surface area contributed by atoms with Gasteiger partial charge in [0, 0.05) is 11.5 Å². The first-order valence-corrected chi connectivity index (χ1v) is 25.0. The second-order valence-corrected chi connectivity index (χ2v) is 23.2. The summed E-state index contributed by atoms with van der Waals surface area (Å²) >= 11 is 0. The fourth-order valence-corrected chi connectivity index (χ4v) is 9.30. The number of alkyl halides is 1. The predicted molar refractivity (Wildman–Crippen MR) is 234 cm³/mol. The topological polar surface area (TPSA) is 278 Å². The lowest BCUT2D eigenvalue weighted by Crippen LogP contribution is -2.49. The number of halogens is 1. The molecular weight excluding hydrogens is 887 g/mol. The van der Waals surface area contributed by atoms with Crippen LogP contribution in [0.1, 0.15) is 77.2 Å². The van der Waals surface area contributed by atoms with Crippen LogP contribution >= 0.6 is 8.60 Å². The van der Waals surface area contributed by atoms with Crippen LogP contribution in [-0.4, -0.2) is 120 Å². The highest BCUT2D eigenvalue weighted by Gasteiger charge is 2.52. The first-order chi connectivity index (χ1) is 30.9. The summed E-state index contributed by atoms with van der Waals surface area (Å²) in [5.74, 6) is -1.27. The number of imidazole rings is 1. The third-order valence-corrected chi connectivity index (χ3v) is 17.1. The highest BCUT2D eigenvalue weighted by Crippen LogP contribution is 2.49. The van der Waals surface area contributed by atoms with Crippen molar-refractivity contribution in [3.8, 4) is 6.07 Å². The number of carbonyl (C=O) groups is 2. The van der Waals surface area contributed by atoms with Gasteiger partial charge in [-0.15, -0.1) is 5.10 Å². The van der Waals surface area contributed by atoms with Gasteiger partial charge in [-0.2, -0.15) is 14.9 Å². The quantitative estimate of drug-likeness (QED) is 0.0539. The van der Waals surface area contributed by atoms with Crippen molar-refractivity contribution in [3.63, 3.8) is 0 Å². The summed E-state index contributed by atoms with van der Waals surface area (Å²) < 4.78 is 57.1. The van der Waals surface area contributed by atoms with E-state index in [9.17, 15) is 24.8 Å². The Hall–Kier alpha value is -5.22. The van der Waals surface area contributed by atoms with E-state index in [1.54, 1.807) is 51.1 Å². The maximum absolute atomic E-state index is 16.8. The second-order valence-electron chi connectivity index (χ2n) is 17.3. The first kappa shape index (κ1) is 47.7. The lowest BCUT2D eigenvalue weighted by atomic mass is 10.1. The molecule has 0 radical (unpaired) electrons. The van der Waals surface area contributed by atoms with Crippen molar-refractivity contribution in [1.82, 2.24) is 44.5 Å². The van der Waals surface area contributed by atoms with E-state index in [-0.39, 0.29) is 64.7 Å². The highest BCUT2D eigenvalue weighted by molar-refractivity contribution is 7.41. The number of fused-ring (bicyclic) bond motifs is 2. The minimum Gasteiger partial charge on any atom is -0.408 e. The number of aliphatic hydroxyl groups is 1.